The summed E-state index contributed by atoms with van der Waals surface area (Å²) >= 11 is 0. The van der Waals surface area contributed by atoms with Crippen molar-refractivity contribution in [1.29, 1.82) is 0 Å². The molecule has 0 aromatic heterocycles. The van der Waals surface area contributed by atoms with E-state index in [1.54, 1.807) is 66.7 Å². The second-order valence-electron chi connectivity index (χ2n) is 6.71. The maximum atomic E-state index is 12.9. The molecule has 8 nitrogen and oxygen atoms in total. The molecule has 0 radical (unpaired) electrons. The van der Waals surface area contributed by atoms with Crippen molar-refractivity contribution >= 4 is 24.0 Å². The van der Waals surface area contributed by atoms with Crippen LogP contribution in [0.3, 0.4) is 0 Å². The first-order valence-electron chi connectivity index (χ1n) is 9.64. The standard InChI is InChI=1S/C24H21N3O5/c1-32-20-13-11-17(12-14-20)21(26-22(28)18-5-3-2-4-6-18)23(29)27-25-15-16-7-9-19(10-8-16)24(30)31/h2-15,21H,1H3,(H,26,28)(H,27,29)(H,30,31)/b25-15-/t21-/m1/s1. The van der Waals surface area contributed by atoms with Crippen molar-refractivity contribution in [3.8, 4) is 5.75 Å². The van der Waals surface area contributed by atoms with Gasteiger partial charge in [-0.05, 0) is 47.5 Å². The van der Waals surface area contributed by atoms with Gasteiger partial charge in [-0.3, -0.25) is 9.59 Å². The summed E-state index contributed by atoms with van der Waals surface area (Å²) in [7, 11) is 1.54. The maximum Gasteiger partial charge on any atom is 0.335 e. The highest BCUT2D eigenvalue weighted by molar-refractivity contribution is 5.98. The van der Waals surface area contributed by atoms with Gasteiger partial charge in [0, 0.05) is 5.56 Å². The number of benzene rings is 3. The second kappa shape index (κ2) is 10.5. The fourth-order valence-corrected chi connectivity index (χ4v) is 2.85. The van der Waals surface area contributed by atoms with E-state index < -0.39 is 23.8 Å². The summed E-state index contributed by atoms with van der Waals surface area (Å²) in [5.41, 5.74) is 4.14. The first-order valence-corrected chi connectivity index (χ1v) is 9.64. The zero-order valence-corrected chi connectivity index (χ0v) is 17.2. The number of methoxy groups -OCH3 is 1. The number of hydrogen-bond donors (Lipinski definition) is 3. The normalized spacial score (nSPS) is 11.5. The van der Waals surface area contributed by atoms with E-state index in [2.05, 4.69) is 15.8 Å². The van der Waals surface area contributed by atoms with Crippen LogP contribution >= 0.6 is 0 Å². The van der Waals surface area contributed by atoms with Crippen LogP contribution in [-0.4, -0.2) is 36.2 Å². The summed E-state index contributed by atoms with van der Waals surface area (Å²) in [5.74, 6) is -1.36. The molecule has 0 heterocycles. The van der Waals surface area contributed by atoms with Gasteiger partial charge in [0.2, 0.25) is 0 Å². The van der Waals surface area contributed by atoms with Gasteiger partial charge in [0.05, 0.1) is 18.9 Å². The Balaban J connectivity index is 1.75. The Labute approximate surface area is 184 Å². The third-order valence-electron chi connectivity index (χ3n) is 4.57. The number of rotatable bonds is 8. The third kappa shape index (κ3) is 5.79. The van der Waals surface area contributed by atoms with Crippen molar-refractivity contribution in [3.63, 3.8) is 0 Å². The number of carbonyl (C=O) groups is 3. The summed E-state index contributed by atoms with van der Waals surface area (Å²) in [5, 5.41) is 15.6. The molecule has 3 N–H and O–H groups in total. The van der Waals surface area contributed by atoms with E-state index in [9.17, 15) is 14.4 Å². The predicted octanol–water partition coefficient (Wildman–Crippen LogP) is 3.01. The Kier molecular flexibility index (Phi) is 7.32. The van der Waals surface area contributed by atoms with E-state index in [0.29, 0.717) is 22.4 Å². The minimum absolute atomic E-state index is 0.148. The number of carboxylic acid groups (broad SMARTS) is 1. The molecule has 32 heavy (non-hydrogen) atoms. The summed E-state index contributed by atoms with van der Waals surface area (Å²) in [4.78, 5) is 36.4. The first-order chi connectivity index (χ1) is 15.5. The van der Waals surface area contributed by atoms with Crippen LogP contribution in [0.25, 0.3) is 0 Å². The first kappa shape index (κ1) is 22.2. The van der Waals surface area contributed by atoms with Crippen molar-refractivity contribution in [3.05, 3.63) is 101 Å². The van der Waals surface area contributed by atoms with Gasteiger partial charge in [-0.15, -0.1) is 0 Å². The fraction of sp³-hybridized carbons (Fsp3) is 0.0833. The van der Waals surface area contributed by atoms with Gasteiger partial charge in [0.1, 0.15) is 11.8 Å². The lowest BCUT2D eigenvalue weighted by molar-refractivity contribution is -0.123. The van der Waals surface area contributed by atoms with E-state index in [4.69, 9.17) is 9.84 Å². The number of carboxylic acids is 1. The van der Waals surface area contributed by atoms with E-state index in [1.165, 1.54) is 25.5 Å². The smallest absolute Gasteiger partial charge is 0.335 e. The van der Waals surface area contributed by atoms with Crippen molar-refractivity contribution in [2.45, 2.75) is 6.04 Å². The monoisotopic (exact) mass is 431 g/mol. The Morgan fingerprint density at radius 3 is 2.16 bits per heavy atom. The van der Waals surface area contributed by atoms with Crippen LogP contribution < -0.4 is 15.5 Å². The molecule has 0 spiro atoms. The molecule has 0 aliphatic rings. The van der Waals surface area contributed by atoms with Gasteiger partial charge in [-0.2, -0.15) is 5.10 Å². The second-order valence-corrected chi connectivity index (χ2v) is 6.71. The van der Waals surface area contributed by atoms with E-state index in [1.807, 2.05) is 0 Å². The summed E-state index contributed by atoms with van der Waals surface area (Å²) in [6.45, 7) is 0. The Bertz CT molecular complexity index is 1110. The number of aromatic carboxylic acids is 1. The lowest BCUT2D eigenvalue weighted by atomic mass is 10.1. The summed E-state index contributed by atoms with van der Waals surface area (Å²) in [6.07, 6.45) is 1.38. The number of ether oxygens (including phenoxy) is 1. The topological polar surface area (TPSA) is 117 Å². The average Bonchev–Trinajstić information content (AvgIpc) is 2.83. The largest absolute Gasteiger partial charge is 0.497 e. The molecule has 0 saturated carbocycles. The van der Waals surface area contributed by atoms with E-state index in [0.717, 1.165) is 0 Å². The maximum absolute atomic E-state index is 12.9. The van der Waals surface area contributed by atoms with Gasteiger partial charge in [-0.1, -0.05) is 42.5 Å². The predicted molar refractivity (Wildman–Crippen MR) is 119 cm³/mol. The van der Waals surface area contributed by atoms with Gasteiger partial charge >= 0.3 is 5.97 Å². The van der Waals surface area contributed by atoms with Crippen molar-refractivity contribution in [2.75, 3.05) is 7.11 Å². The molecule has 0 aliphatic heterocycles. The van der Waals surface area contributed by atoms with Crippen LogP contribution in [0, 0.1) is 0 Å². The fourth-order valence-electron chi connectivity index (χ4n) is 2.85. The van der Waals surface area contributed by atoms with Crippen LogP contribution in [0.1, 0.15) is 37.9 Å². The molecule has 162 valence electrons. The lowest BCUT2D eigenvalue weighted by Crippen LogP contribution is -2.38. The van der Waals surface area contributed by atoms with Crippen LogP contribution in [0.4, 0.5) is 0 Å². The van der Waals surface area contributed by atoms with Crippen LogP contribution in [-0.2, 0) is 4.79 Å². The zero-order valence-electron chi connectivity index (χ0n) is 17.2. The Hall–Kier alpha value is -4.46. The number of nitrogens with one attached hydrogen (secondary N) is 2. The van der Waals surface area contributed by atoms with Crippen molar-refractivity contribution < 1.29 is 24.2 Å². The van der Waals surface area contributed by atoms with Gasteiger partial charge in [0.15, 0.2) is 0 Å². The zero-order chi connectivity index (χ0) is 22.9. The van der Waals surface area contributed by atoms with E-state index >= 15 is 0 Å². The van der Waals surface area contributed by atoms with Gasteiger partial charge in [-0.25, -0.2) is 10.2 Å². The quantitative estimate of drug-likeness (QED) is 0.374. The average molecular weight is 431 g/mol. The molecule has 2 amide bonds. The van der Waals surface area contributed by atoms with Crippen LogP contribution in [0.5, 0.6) is 5.75 Å². The number of nitrogens with zero attached hydrogens (tertiary/aromatic N) is 1. The molecule has 3 rings (SSSR count). The SMILES string of the molecule is COc1ccc([C@@H](NC(=O)c2ccccc2)C(=O)N/N=C\c2ccc(C(=O)O)cc2)cc1. The highest BCUT2D eigenvalue weighted by atomic mass is 16.5. The Morgan fingerprint density at radius 2 is 1.56 bits per heavy atom. The molecule has 3 aromatic rings. The molecular weight excluding hydrogens is 410 g/mol. The van der Waals surface area contributed by atoms with Gasteiger partial charge < -0.3 is 15.2 Å². The summed E-state index contributed by atoms with van der Waals surface area (Å²) in [6, 6.07) is 20.3. The van der Waals surface area contributed by atoms with Crippen LogP contribution in [0.15, 0.2) is 84.0 Å². The Morgan fingerprint density at radius 1 is 0.906 bits per heavy atom. The molecule has 0 fully saturated rings. The minimum atomic E-state index is -1.03. The molecule has 0 bridgehead atoms. The number of hydrogen-bond acceptors (Lipinski definition) is 5. The highest BCUT2D eigenvalue weighted by Crippen LogP contribution is 2.19. The van der Waals surface area contributed by atoms with Crippen molar-refractivity contribution in [2.24, 2.45) is 5.10 Å². The third-order valence-corrected chi connectivity index (χ3v) is 4.57. The summed E-state index contributed by atoms with van der Waals surface area (Å²) < 4.78 is 5.15. The number of amides is 2. The minimum Gasteiger partial charge on any atom is -0.497 e. The molecule has 3 aromatic carbocycles. The van der Waals surface area contributed by atoms with Crippen molar-refractivity contribution in [1.82, 2.24) is 10.7 Å². The molecule has 0 unspecified atom stereocenters. The molecule has 0 saturated heterocycles. The lowest BCUT2D eigenvalue weighted by Gasteiger charge is -2.18. The highest BCUT2D eigenvalue weighted by Gasteiger charge is 2.23. The van der Waals surface area contributed by atoms with E-state index in [-0.39, 0.29) is 5.56 Å². The molecule has 8 heteroatoms. The number of hydrazone groups is 1. The molecular formula is C24H21N3O5. The van der Waals surface area contributed by atoms with Crippen LogP contribution in [0.2, 0.25) is 0 Å². The van der Waals surface area contributed by atoms with Gasteiger partial charge in [0.25, 0.3) is 11.8 Å². The molecule has 0 aliphatic carbocycles. The number of carbonyl (C=O) groups excluding carboxylic acids is 2. The molecule has 1 atom stereocenters.